The topological polar surface area (TPSA) is 35.6 Å². The van der Waals surface area contributed by atoms with Crippen LogP contribution in [0.4, 0.5) is 0 Å². The summed E-state index contributed by atoms with van der Waals surface area (Å²) in [6.45, 7) is 0. The van der Waals surface area contributed by atoms with Crippen LogP contribution in [-0.2, 0) is 0 Å². The zero-order chi connectivity index (χ0) is 33.9. The summed E-state index contributed by atoms with van der Waals surface area (Å²) >= 11 is 0. The minimum Gasteiger partial charge on any atom is -0.309 e. The average Bonchev–Trinajstić information content (AvgIpc) is 3.84. The number of benzene rings is 7. The Bertz CT molecular complexity index is 3290. The molecule has 4 heterocycles. The molecule has 0 fully saturated rings. The number of fused-ring (bicyclic) bond motifs is 11. The predicted molar refractivity (Wildman–Crippen MR) is 216 cm³/mol. The summed E-state index contributed by atoms with van der Waals surface area (Å²) in [6.07, 6.45) is 1.87. The average molecular weight is 661 g/mol. The minimum atomic E-state index is 0.914. The van der Waals surface area contributed by atoms with Crippen molar-refractivity contribution in [2.24, 2.45) is 0 Å². The van der Waals surface area contributed by atoms with Gasteiger partial charge in [-0.05, 0) is 94.0 Å². The highest BCUT2D eigenvalue weighted by Crippen LogP contribution is 2.46. The maximum Gasteiger partial charge on any atom is 0.138 e. The standard InChI is InChI=1S/C48H28N4/c1-2-12-33(13-3-1)51-42-23-21-31(27-39(42)46-34-14-5-4-10-29(34)19-24-43(46)51)30-20-22-41-38(26-30)35-15-6-7-18-40(35)52(41)44-28-32-11-8-16-36-45(32)48(50-44)37-17-9-25-49-47(36)37/h1-28H. The molecule has 11 aromatic rings. The van der Waals surface area contributed by atoms with E-state index in [9.17, 15) is 0 Å². The van der Waals surface area contributed by atoms with Crippen LogP contribution >= 0.6 is 0 Å². The van der Waals surface area contributed by atoms with Crippen molar-refractivity contribution in [3.8, 4) is 45.1 Å². The summed E-state index contributed by atoms with van der Waals surface area (Å²) < 4.78 is 4.73. The van der Waals surface area contributed by atoms with Crippen LogP contribution in [-0.4, -0.2) is 19.1 Å². The first kappa shape index (κ1) is 27.7. The van der Waals surface area contributed by atoms with Gasteiger partial charge in [0.1, 0.15) is 5.82 Å². The molecule has 1 aliphatic rings. The van der Waals surface area contributed by atoms with Gasteiger partial charge in [0.25, 0.3) is 0 Å². The van der Waals surface area contributed by atoms with E-state index in [2.05, 4.69) is 167 Å². The van der Waals surface area contributed by atoms with Gasteiger partial charge in [0.05, 0.1) is 33.5 Å². The molecule has 1 aliphatic carbocycles. The lowest BCUT2D eigenvalue weighted by atomic mass is 9.99. The lowest BCUT2D eigenvalue weighted by Crippen LogP contribution is -1.99. The molecule has 0 atom stereocenters. The lowest BCUT2D eigenvalue weighted by molar-refractivity contribution is 1.09. The second-order valence-corrected chi connectivity index (χ2v) is 13.8. The zero-order valence-corrected chi connectivity index (χ0v) is 28.0. The van der Waals surface area contributed by atoms with Gasteiger partial charge in [-0.25, -0.2) is 4.98 Å². The van der Waals surface area contributed by atoms with Crippen LogP contribution < -0.4 is 0 Å². The number of hydrogen-bond donors (Lipinski definition) is 0. The minimum absolute atomic E-state index is 0.914. The third kappa shape index (κ3) is 3.70. The van der Waals surface area contributed by atoms with Gasteiger partial charge in [-0.2, -0.15) is 0 Å². The van der Waals surface area contributed by atoms with E-state index in [-0.39, 0.29) is 0 Å². The second-order valence-electron chi connectivity index (χ2n) is 13.8. The van der Waals surface area contributed by atoms with Crippen molar-refractivity contribution in [3.63, 3.8) is 0 Å². The molecule has 0 N–H and O–H groups in total. The van der Waals surface area contributed by atoms with Gasteiger partial charge >= 0.3 is 0 Å². The SMILES string of the molecule is c1ccc(-n2c3ccc(-c4ccc5c(c4)c4ccccc4n5-c4cc5cccc6c5c(n4)-c4cccnc4-6)cc3c3c4ccccc4ccc32)cc1. The Labute approximate surface area is 298 Å². The van der Waals surface area contributed by atoms with E-state index in [4.69, 9.17) is 9.97 Å². The van der Waals surface area contributed by atoms with Crippen LogP contribution in [0, 0.1) is 0 Å². The highest BCUT2D eigenvalue weighted by atomic mass is 15.1. The molecule has 0 saturated heterocycles. The molecule has 4 heteroatoms. The molecule has 12 rings (SSSR count). The first-order valence-electron chi connectivity index (χ1n) is 17.7. The van der Waals surface area contributed by atoms with Crippen LogP contribution in [0.2, 0.25) is 0 Å². The molecule has 7 aromatic carbocycles. The Hall–Kier alpha value is -7.04. The normalized spacial score (nSPS) is 12.2. The maximum absolute atomic E-state index is 5.37. The van der Waals surface area contributed by atoms with Gasteiger partial charge in [0.2, 0.25) is 0 Å². The highest BCUT2D eigenvalue weighted by molar-refractivity contribution is 6.22. The summed E-state index contributed by atoms with van der Waals surface area (Å²) in [4.78, 5) is 10.1. The predicted octanol–water partition coefficient (Wildman–Crippen LogP) is 12.3. The van der Waals surface area contributed by atoms with Gasteiger partial charge in [0.15, 0.2) is 0 Å². The van der Waals surface area contributed by atoms with Crippen molar-refractivity contribution in [1.82, 2.24) is 19.1 Å². The van der Waals surface area contributed by atoms with E-state index in [0.29, 0.717) is 0 Å². The first-order valence-corrected chi connectivity index (χ1v) is 17.7. The Kier molecular flexibility index (Phi) is 5.47. The summed E-state index contributed by atoms with van der Waals surface area (Å²) in [5.41, 5.74) is 12.5. The summed E-state index contributed by atoms with van der Waals surface area (Å²) in [6, 6.07) is 59.4. The second kappa shape index (κ2) is 10.3. The Morgan fingerprint density at radius 1 is 0.385 bits per heavy atom. The van der Waals surface area contributed by atoms with Crippen molar-refractivity contribution in [2.45, 2.75) is 0 Å². The summed E-state index contributed by atoms with van der Waals surface area (Å²) in [5.74, 6) is 0.914. The van der Waals surface area contributed by atoms with Gasteiger partial charge < -0.3 is 4.57 Å². The molecule has 0 unspecified atom stereocenters. The molecule has 240 valence electrons. The van der Waals surface area contributed by atoms with Crippen LogP contribution in [0.15, 0.2) is 170 Å². The number of aromatic nitrogens is 4. The molecule has 4 nitrogen and oxygen atoms in total. The van der Waals surface area contributed by atoms with E-state index in [1.165, 1.54) is 65.3 Å². The monoisotopic (exact) mass is 660 g/mol. The van der Waals surface area contributed by atoms with Gasteiger partial charge in [-0.15, -0.1) is 0 Å². The third-order valence-electron chi connectivity index (χ3n) is 11.1. The molecule has 0 bridgehead atoms. The number of hydrogen-bond acceptors (Lipinski definition) is 2. The van der Waals surface area contributed by atoms with Crippen molar-refractivity contribution >= 4 is 65.2 Å². The number of pyridine rings is 2. The van der Waals surface area contributed by atoms with E-state index in [1.54, 1.807) is 0 Å². The molecule has 52 heavy (non-hydrogen) atoms. The molecule has 4 aromatic heterocycles. The third-order valence-corrected chi connectivity index (χ3v) is 11.1. The fourth-order valence-corrected chi connectivity index (χ4v) is 8.84. The molecule has 0 saturated carbocycles. The molecular weight excluding hydrogens is 633 g/mol. The van der Waals surface area contributed by atoms with E-state index in [0.717, 1.165) is 45.1 Å². The quantitative estimate of drug-likeness (QED) is 0.189. The Morgan fingerprint density at radius 2 is 1.08 bits per heavy atom. The Balaban J connectivity index is 1.09. The number of nitrogens with zero attached hydrogens (tertiary/aromatic N) is 4. The first-order chi connectivity index (χ1) is 25.8. The maximum atomic E-state index is 5.37. The van der Waals surface area contributed by atoms with Gasteiger partial charge in [-0.1, -0.05) is 97.1 Å². The molecule has 0 spiro atoms. The van der Waals surface area contributed by atoms with Crippen LogP contribution in [0.3, 0.4) is 0 Å². The number of para-hydroxylation sites is 2. The largest absolute Gasteiger partial charge is 0.309 e. The molecule has 0 amide bonds. The smallest absolute Gasteiger partial charge is 0.138 e. The van der Waals surface area contributed by atoms with E-state index in [1.807, 2.05) is 12.3 Å². The summed E-state index contributed by atoms with van der Waals surface area (Å²) in [7, 11) is 0. The molecular formula is C48H28N4. The molecule has 0 aliphatic heterocycles. The molecule has 0 radical (unpaired) electrons. The van der Waals surface area contributed by atoms with Crippen molar-refractivity contribution in [2.75, 3.05) is 0 Å². The fourth-order valence-electron chi connectivity index (χ4n) is 8.84. The Morgan fingerprint density at radius 3 is 1.96 bits per heavy atom. The number of rotatable bonds is 3. The fraction of sp³-hybridized carbons (Fsp3) is 0. The highest BCUT2D eigenvalue weighted by Gasteiger charge is 2.25. The van der Waals surface area contributed by atoms with Gasteiger partial charge in [-0.3, -0.25) is 9.55 Å². The van der Waals surface area contributed by atoms with Crippen molar-refractivity contribution in [3.05, 3.63) is 170 Å². The van der Waals surface area contributed by atoms with E-state index < -0.39 is 0 Å². The van der Waals surface area contributed by atoms with Crippen LogP contribution in [0.25, 0.3) is 110 Å². The summed E-state index contributed by atoms with van der Waals surface area (Å²) in [5, 5.41) is 9.83. The van der Waals surface area contributed by atoms with E-state index >= 15 is 0 Å². The van der Waals surface area contributed by atoms with Crippen LogP contribution in [0.5, 0.6) is 0 Å². The lowest BCUT2D eigenvalue weighted by Gasteiger charge is -2.11. The van der Waals surface area contributed by atoms with Crippen molar-refractivity contribution < 1.29 is 0 Å². The van der Waals surface area contributed by atoms with Gasteiger partial charge in [0, 0.05) is 49.9 Å². The zero-order valence-electron chi connectivity index (χ0n) is 28.0. The van der Waals surface area contributed by atoms with Crippen molar-refractivity contribution in [1.29, 1.82) is 0 Å². The van der Waals surface area contributed by atoms with Crippen LogP contribution in [0.1, 0.15) is 0 Å².